The fourth-order valence-corrected chi connectivity index (χ4v) is 0.723. The average Bonchev–Trinajstić information content (AvgIpc) is 2.36. The molecule has 1 fully saturated rings. The van der Waals surface area contributed by atoms with E-state index in [4.69, 9.17) is 9.84 Å². The molecule has 0 bridgehead atoms. The molecular weight excluding hydrogens is 122 g/mol. The first-order valence-corrected chi connectivity index (χ1v) is 2.75. The van der Waals surface area contributed by atoms with Crippen molar-refractivity contribution in [2.45, 2.75) is 5.60 Å². The standard InChI is InChI=1S/C5H9NO3/c7-2-5(3-8)1-6-4-9-5/h2,6,8H,1,3-4H2. The quantitative estimate of drug-likeness (QED) is 0.447. The van der Waals surface area contributed by atoms with Crippen molar-refractivity contribution in [3.63, 3.8) is 0 Å². The second-order valence-corrected chi connectivity index (χ2v) is 2.06. The largest absolute Gasteiger partial charge is 0.393 e. The van der Waals surface area contributed by atoms with E-state index in [1.54, 1.807) is 0 Å². The molecule has 52 valence electrons. The zero-order chi connectivity index (χ0) is 6.74. The molecule has 0 aromatic carbocycles. The van der Waals surface area contributed by atoms with E-state index in [9.17, 15) is 4.79 Å². The van der Waals surface area contributed by atoms with E-state index < -0.39 is 5.60 Å². The predicted octanol–water partition coefficient (Wildman–Crippen LogP) is -1.51. The van der Waals surface area contributed by atoms with Gasteiger partial charge in [0.1, 0.15) is 0 Å². The predicted molar refractivity (Wildman–Crippen MR) is 29.8 cm³/mol. The van der Waals surface area contributed by atoms with Gasteiger partial charge >= 0.3 is 0 Å². The number of hydrogen-bond donors (Lipinski definition) is 2. The molecule has 0 spiro atoms. The van der Waals surface area contributed by atoms with E-state index in [-0.39, 0.29) is 6.61 Å². The number of hydrogen-bond acceptors (Lipinski definition) is 4. The first kappa shape index (κ1) is 6.67. The Bertz CT molecular complexity index is 109. The summed E-state index contributed by atoms with van der Waals surface area (Å²) < 4.78 is 4.91. The van der Waals surface area contributed by atoms with Crippen LogP contribution in [-0.4, -0.2) is 36.9 Å². The van der Waals surface area contributed by atoms with Crippen LogP contribution in [0.5, 0.6) is 0 Å². The number of carbonyl (C=O) groups is 1. The van der Waals surface area contributed by atoms with Gasteiger partial charge in [-0.3, -0.25) is 10.1 Å². The van der Waals surface area contributed by atoms with Crippen molar-refractivity contribution in [2.75, 3.05) is 19.9 Å². The van der Waals surface area contributed by atoms with Gasteiger partial charge in [-0.1, -0.05) is 0 Å². The van der Waals surface area contributed by atoms with Gasteiger partial charge in [-0.05, 0) is 0 Å². The van der Waals surface area contributed by atoms with E-state index in [1.807, 2.05) is 0 Å². The van der Waals surface area contributed by atoms with E-state index in [1.165, 1.54) is 0 Å². The number of nitrogens with one attached hydrogen (secondary N) is 1. The molecule has 1 unspecified atom stereocenters. The van der Waals surface area contributed by atoms with Crippen molar-refractivity contribution in [3.8, 4) is 0 Å². The molecule has 0 aromatic rings. The van der Waals surface area contributed by atoms with Crippen molar-refractivity contribution in [2.24, 2.45) is 0 Å². The highest BCUT2D eigenvalue weighted by molar-refractivity contribution is 5.63. The molecule has 1 heterocycles. The van der Waals surface area contributed by atoms with Crippen LogP contribution in [-0.2, 0) is 9.53 Å². The maximum atomic E-state index is 10.2. The third-order valence-corrected chi connectivity index (χ3v) is 1.37. The smallest absolute Gasteiger partial charge is 0.160 e. The van der Waals surface area contributed by atoms with Gasteiger partial charge < -0.3 is 9.84 Å². The lowest BCUT2D eigenvalue weighted by Gasteiger charge is -2.15. The van der Waals surface area contributed by atoms with Gasteiger partial charge in [-0.15, -0.1) is 0 Å². The lowest BCUT2D eigenvalue weighted by atomic mass is 10.1. The molecule has 1 aliphatic heterocycles. The van der Waals surface area contributed by atoms with Crippen LogP contribution in [0.2, 0.25) is 0 Å². The van der Waals surface area contributed by atoms with Crippen LogP contribution in [0.25, 0.3) is 0 Å². The Morgan fingerprint density at radius 2 is 2.67 bits per heavy atom. The van der Waals surface area contributed by atoms with Crippen LogP contribution in [0.4, 0.5) is 0 Å². The van der Waals surface area contributed by atoms with Crippen molar-refractivity contribution in [1.29, 1.82) is 0 Å². The summed E-state index contributed by atoms with van der Waals surface area (Å²) in [5, 5.41) is 11.4. The molecule has 4 nitrogen and oxygen atoms in total. The van der Waals surface area contributed by atoms with Crippen molar-refractivity contribution in [1.82, 2.24) is 5.32 Å². The lowest BCUT2D eigenvalue weighted by molar-refractivity contribution is -0.128. The monoisotopic (exact) mass is 131 g/mol. The molecular formula is C5H9NO3. The normalized spacial score (nSPS) is 34.8. The second-order valence-electron chi connectivity index (χ2n) is 2.06. The van der Waals surface area contributed by atoms with Gasteiger partial charge in [0.25, 0.3) is 0 Å². The summed E-state index contributed by atoms with van der Waals surface area (Å²) in [5.41, 5.74) is -0.958. The maximum absolute atomic E-state index is 10.2. The number of aliphatic hydroxyl groups excluding tert-OH is 1. The van der Waals surface area contributed by atoms with Crippen LogP contribution in [0.1, 0.15) is 0 Å². The van der Waals surface area contributed by atoms with Crippen LogP contribution < -0.4 is 5.32 Å². The topological polar surface area (TPSA) is 58.6 Å². The summed E-state index contributed by atoms with van der Waals surface area (Å²) in [7, 11) is 0. The third kappa shape index (κ3) is 1.10. The Kier molecular flexibility index (Phi) is 1.80. The first-order chi connectivity index (χ1) is 4.33. The highest BCUT2D eigenvalue weighted by atomic mass is 16.5. The van der Waals surface area contributed by atoms with Crippen molar-refractivity contribution < 1.29 is 14.6 Å². The first-order valence-electron chi connectivity index (χ1n) is 2.75. The van der Waals surface area contributed by atoms with Crippen molar-refractivity contribution >= 4 is 6.29 Å². The van der Waals surface area contributed by atoms with Crippen LogP contribution in [0.15, 0.2) is 0 Å². The number of aldehydes is 1. The summed E-state index contributed by atoms with van der Waals surface area (Å²) in [4.78, 5) is 10.2. The van der Waals surface area contributed by atoms with Crippen LogP contribution in [0.3, 0.4) is 0 Å². The molecule has 1 aliphatic rings. The average molecular weight is 131 g/mol. The van der Waals surface area contributed by atoms with Crippen molar-refractivity contribution in [3.05, 3.63) is 0 Å². The highest BCUT2D eigenvalue weighted by Crippen LogP contribution is 2.09. The molecule has 0 aliphatic carbocycles. The molecule has 0 saturated carbocycles. The molecule has 4 heteroatoms. The SMILES string of the molecule is O=CC1(CO)CNCO1. The zero-order valence-corrected chi connectivity index (χ0v) is 4.96. The molecule has 1 atom stereocenters. The molecule has 0 amide bonds. The van der Waals surface area contributed by atoms with Crippen LogP contribution in [0, 0.1) is 0 Å². The Balaban J connectivity index is 2.55. The Morgan fingerprint density at radius 3 is 2.89 bits per heavy atom. The molecule has 1 rings (SSSR count). The fraction of sp³-hybridized carbons (Fsp3) is 0.800. The molecule has 0 radical (unpaired) electrons. The minimum absolute atomic E-state index is 0.247. The van der Waals surface area contributed by atoms with Gasteiger partial charge in [-0.2, -0.15) is 0 Å². The molecule has 0 aromatic heterocycles. The minimum Gasteiger partial charge on any atom is -0.393 e. The second kappa shape index (κ2) is 2.43. The lowest BCUT2D eigenvalue weighted by Crippen LogP contribution is -2.39. The Hall–Kier alpha value is -0.450. The molecule has 1 saturated heterocycles. The molecule has 9 heavy (non-hydrogen) atoms. The summed E-state index contributed by atoms with van der Waals surface area (Å²) >= 11 is 0. The van der Waals surface area contributed by atoms with Gasteiger partial charge in [0.2, 0.25) is 0 Å². The third-order valence-electron chi connectivity index (χ3n) is 1.37. The highest BCUT2D eigenvalue weighted by Gasteiger charge is 2.33. The van der Waals surface area contributed by atoms with E-state index in [0.717, 1.165) is 0 Å². The summed E-state index contributed by atoms with van der Waals surface area (Å²) in [6, 6.07) is 0. The number of aliphatic hydroxyl groups is 1. The Labute approximate surface area is 52.8 Å². The molecule has 2 N–H and O–H groups in total. The summed E-state index contributed by atoms with van der Waals surface area (Å²) in [6.07, 6.45) is 0.632. The van der Waals surface area contributed by atoms with E-state index in [0.29, 0.717) is 19.6 Å². The Morgan fingerprint density at radius 1 is 1.89 bits per heavy atom. The summed E-state index contributed by atoms with van der Waals surface area (Å²) in [6.45, 7) is 0.510. The minimum atomic E-state index is -0.958. The number of carbonyl (C=O) groups excluding carboxylic acids is 1. The number of ether oxygens (including phenoxy) is 1. The zero-order valence-electron chi connectivity index (χ0n) is 4.96. The van der Waals surface area contributed by atoms with Crippen LogP contribution >= 0.6 is 0 Å². The van der Waals surface area contributed by atoms with Gasteiger partial charge in [-0.25, -0.2) is 0 Å². The van der Waals surface area contributed by atoms with Gasteiger partial charge in [0.05, 0.1) is 13.3 Å². The van der Waals surface area contributed by atoms with E-state index >= 15 is 0 Å². The maximum Gasteiger partial charge on any atom is 0.160 e. The van der Waals surface area contributed by atoms with Gasteiger partial charge in [0, 0.05) is 6.54 Å². The van der Waals surface area contributed by atoms with E-state index in [2.05, 4.69) is 5.32 Å². The van der Waals surface area contributed by atoms with Gasteiger partial charge in [0.15, 0.2) is 11.9 Å². The fourth-order valence-electron chi connectivity index (χ4n) is 0.723. The number of rotatable bonds is 2. The summed E-state index contributed by atoms with van der Waals surface area (Å²) in [5.74, 6) is 0.